The molecule has 0 bridgehead atoms. The molecule has 0 aliphatic carbocycles. The third-order valence-corrected chi connectivity index (χ3v) is 5.11. The molecule has 142 valence electrons. The number of likely N-dealkylation sites (N-methyl/N-ethyl adjacent to an activating group) is 1. The first-order chi connectivity index (χ1) is 12.9. The highest BCUT2D eigenvalue weighted by molar-refractivity contribution is 5.81. The van der Waals surface area contributed by atoms with Crippen LogP contribution in [0.4, 0.5) is 5.82 Å². The van der Waals surface area contributed by atoms with Gasteiger partial charge in [-0.2, -0.15) is 14.7 Å². The van der Waals surface area contributed by atoms with Crippen molar-refractivity contribution in [2.45, 2.75) is 24.8 Å². The van der Waals surface area contributed by atoms with Crippen LogP contribution in [0.25, 0.3) is 16.8 Å². The quantitative estimate of drug-likeness (QED) is 0.703. The summed E-state index contributed by atoms with van der Waals surface area (Å²) in [5.74, 6) is 0.878. The van der Waals surface area contributed by atoms with Crippen molar-refractivity contribution in [3.05, 3.63) is 30.4 Å². The zero-order chi connectivity index (χ0) is 19.1. The van der Waals surface area contributed by atoms with Crippen LogP contribution in [0.1, 0.15) is 24.5 Å². The van der Waals surface area contributed by atoms with Crippen LogP contribution in [0.5, 0.6) is 0 Å². The number of carbonyl (C=O) groups excluding carboxylic acids is 1. The summed E-state index contributed by atoms with van der Waals surface area (Å²) in [7, 11) is 5.44. The summed E-state index contributed by atoms with van der Waals surface area (Å²) in [5, 5.41) is 12.0. The van der Waals surface area contributed by atoms with Crippen molar-refractivity contribution in [2.24, 2.45) is 7.05 Å². The highest BCUT2D eigenvalue weighted by Gasteiger charge is 2.28. The molecule has 27 heavy (non-hydrogen) atoms. The average Bonchev–Trinajstić information content (AvgIpc) is 3.27. The number of aryl methyl sites for hydroxylation is 1. The van der Waals surface area contributed by atoms with E-state index in [9.17, 15) is 4.79 Å². The summed E-state index contributed by atoms with van der Waals surface area (Å²) in [6.07, 6.45) is 7.16. The van der Waals surface area contributed by atoms with Gasteiger partial charge in [-0.05, 0) is 12.8 Å². The number of nitrogen functional groups attached to an aromatic ring is 1. The Morgan fingerprint density at radius 1 is 1.30 bits per heavy atom. The maximum Gasteiger partial charge on any atom is 0.239 e. The minimum atomic E-state index is -0.127. The lowest BCUT2D eigenvalue weighted by molar-refractivity contribution is -0.131. The van der Waals surface area contributed by atoms with Crippen LogP contribution in [-0.2, 0) is 11.8 Å². The average molecular weight is 368 g/mol. The molecule has 1 fully saturated rings. The fraction of sp³-hybridized carbons (Fsp3) is 0.444. The number of aromatic nitrogens is 5. The van der Waals surface area contributed by atoms with Gasteiger partial charge in [0.1, 0.15) is 5.82 Å². The molecule has 0 radical (unpaired) electrons. The monoisotopic (exact) mass is 368 g/mol. The van der Waals surface area contributed by atoms with Crippen molar-refractivity contribution < 1.29 is 4.79 Å². The van der Waals surface area contributed by atoms with E-state index in [0.29, 0.717) is 12.4 Å². The predicted octanol–water partition coefficient (Wildman–Crippen LogP) is 0.636. The Bertz CT molecular complexity index is 981. The zero-order valence-corrected chi connectivity index (χ0v) is 15.8. The van der Waals surface area contributed by atoms with E-state index >= 15 is 0 Å². The summed E-state index contributed by atoms with van der Waals surface area (Å²) in [5.41, 5.74) is 9.74. The van der Waals surface area contributed by atoms with Gasteiger partial charge in [0.05, 0.1) is 24.1 Å². The fourth-order valence-corrected chi connectivity index (χ4v) is 3.61. The molecular weight excluding hydrogens is 344 g/mol. The van der Waals surface area contributed by atoms with E-state index in [4.69, 9.17) is 10.7 Å². The molecule has 9 nitrogen and oxygen atoms in total. The van der Waals surface area contributed by atoms with E-state index < -0.39 is 0 Å². The van der Waals surface area contributed by atoms with Crippen molar-refractivity contribution in [3.8, 4) is 11.1 Å². The van der Waals surface area contributed by atoms with E-state index in [1.165, 1.54) is 0 Å². The fourth-order valence-electron chi connectivity index (χ4n) is 3.61. The van der Waals surface area contributed by atoms with Gasteiger partial charge >= 0.3 is 0 Å². The number of hydrogen-bond donors (Lipinski definition) is 2. The molecule has 0 unspecified atom stereocenters. The van der Waals surface area contributed by atoms with Gasteiger partial charge in [0.2, 0.25) is 5.91 Å². The number of anilines is 1. The third kappa shape index (κ3) is 3.14. The number of nitrogens with zero attached hydrogens (tertiary/aromatic N) is 6. The predicted molar refractivity (Wildman–Crippen MR) is 102 cm³/mol. The van der Waals surface area contributed by atoms with E-state index in [1.54, 1.807) is 40.6 Å². The van der Waals surface area contributed by atoms with Crippen LogP contribution < -0.4 is 11.1 Å². The van der Waals surface area contributed by atoms with Gasteiger partial charge < -0.3 is 16.0 Å². The number of nitrogens with two attached hydrogens (primary N) is 1. The van der Waals surface area contributed by atoms with Crippen LogP contribution >= 0.6 is 0 Å². The minimum Gasteiger partial charge on any atom is -0.384 e. The molecule has 0 saturated carbocycles. The maximum atomic E-state index is 12.1. The molecule has 4 heterocycles. The van der Waals surface area contributed by atoms with Crippen molar-refractivity contribution in [2.75, 3.05) is 26.4 Å². The highest BCUT2D eigenvalue weighted by atomic mass is 16.2. The first-order valence-corrected chi connectivity index (χ1v) is 9.01. The summed E-state index contributed by atoms with van der Waals surface area (Å²) in [6.45, 7) is 0.698. The lowest BCUT2D eigenvalue weighted by atomic mass is 9.91. The van der Waals surface area contributed by atoms with E-state index in [0.717, 1.165) is 35.3 Å². The number of rotatable bonds is 3. The van der Waals surface area contributed by atoms with Crippen molar-refractivity contribution in [1.29, 1.82) is 0 Å². The highest BCUT2D eigenvalue weighted by Crippen LogP contribution is 2.29. The Hall–Kier alpha value is -2.94. The smallest absolute Gasteiger partial charge is 0.239 e. The van der Waals surface area contributed by atoms with E-state index in [-0.39, 0.29) is 17.9 Å². The van der Waals surface area contributed by atoms with Crippen LogP contribution in [0.2, 0.25) is 0 Å². The zero-order valence-electron chi connectivity index (χ0n) is 15.8. The maximum absolute atomic E-state index is 12.1. The molecule has 3 aromatic rings. The summed E-state index contributed by atoms with van der Waals surface area (Å²) >= 11 is 0. The Balaban J connectivity index is 1.63. The Labute approximate surface area is 157 Å². The lowest BCUT2D eigenvalue weighted by Gasteiger charge is -2.30. The van der Waals surface area contributed by atoms with Gasteiger partial charge in [0.25, 0.3) is 0 Å². The summed E-state index contributed by atoms with van der Waals surface area (Å²) in [4.78, 5) is 18.6. The second-order valence-corrected chi connectivity index (χ2v) is 7.27. The van der Waals surface area contributed by atoms with E-state index in [2.05, 4.69) is 15.5 Å². The van der Waals surface area contributed by atoms with Crippen molar-refractivity contribution in [1.82, 2.24) is 34.6 Å². The van der Waals surface area contributed by atoms with Crippen LogP contribution in [0, 0.1) is 0 Å². The topological polar surface area (TPSA) is 106 Å². The van der Waals surface area contributed by atoms with Gasteiger partial charge in [0, 0.05) is 57.0 Å². The molecule has 2 atom stereocenters. The number of carbonyl (C=O) groups is 1. The molecule has 3 aromatic heterocycles. The Morgan fingerprint density at radius 2 is 2.11 bits per heavy atom. The number of hydrogen-bond acceptors (Lipinski definition) is 6. The summed E-state index contributed by atoms with van der Waals surface area (Å²) in [6, 6.07) is 1.76. The number of piperidine rings is 1. The Morgan fingerprint density at radius 3 is 2.74 bits per heavy atom. The van der Waals surface area contributed by atoms with Crippen molar-refractivity contribution in [3.63, 3.8) is 0 Å². The van der Waals surface area contributed by atoms with Gasteiger partial charge in [-0.25, -0.2) is 4.98 Å². The lowest BCUT2D eigenvalue weighted by Crippen LogP contribution is -2.48. The molecule has 1 aliphatic heterocycles. The SMILES string of the molecule is CN(C)C(=O)[C@@H]1CC[C@H](c2cc(N)n3ncc(-c4cnn(C)c4)c3n2)CN1. The van der Waals surface area contributed by atoms with Gasteiger partial charge in [-0.1, -0.05) is 0 Å². The molecule has 4 rings (SSSR count). The molecule has 1 saturated heterocycles. The third-order valence-electron chi connectivity index (χ3n) is 5.11. The number of fused-ring (bicyclic) bond motifs is 1. The normalized spacial score (nSPS) is 20.1. The second-order valence-electron chi connectivity index (χ2n) is 7.27. The van der Waals surface area contributed by atoms with Crippen molar-refractivity contribution >= 4 is 17.4 Å². The van der Waals surface area contributed by atoms with Crippen LogP contribution in [0.15, 0.2) is 24.7 Å². The largest absolute Gasteiger partial charge is 0.384 e. The standard InChI is InChI=1S/C18H24N8O/c1-24(2)18(27)14-5-4-11(7-20-14)15-6-16(19)26-17(23-15)13(9-22-26)12-8-21-25(3)10-12/h6,8-11,14,20H,4-5,7,19H2,1-3H3/t11-,14-/m0/s1. The molecule has 3 N–H and O–H groups in total. The Kier molecular flexibility index (Phi) is 4.31. The van der Waals surface area contributed by atoms with Gasteiger partial charge in [0.15, 0.2) is 5.65 Å². The molecule has 0 spiro atoms. The minimum absolute atomic E-state index is 0.117. The summed E-state index contributed by atoms with van der Waals surface area (Å²) < 4.78 is 3.40. The molecule has 9 heteroatoms. The molecule has 0 aromatic carbocycles. The second kappa shape index (κ2) is 6.66. The number of amides is 1. The van der Waals surface area contributed by atoms with Crippen LogP contribution in [-0.4, -0.2) is 61.9 Å². The van der Waals surface area contributed by atoms with Gasteiger partial charge in [-0.3, -0.25) is 9.48 Å². The first-order valence-electron chi connectivity index (χ1n) is 9.01. The van der Waals surface area contributed by atoms with Gasteiger partial charge in [-0.15, -0.1) is 0 Å². The van der Waals surface area contributed by atoms with Crippen LogP contribution in [0.3, 0.4) is 0 Å². The molecular formula is C18H24N8O. The molecule has 1 aliphatic rings. The first kappa shape index (κ1) is 17.5. The molecule has 1 amide bonds. The number of nitrogens with one attached hydrogen (secondary N) is 1. The van der Waals surface area contributed by atoms with E-state index in [1.807, 2.05) is 19.3 Å².